The highest BCUT2D eigenvalue weighted by Gasteiger charge is 2.47. The molecule has 1 fully saturated rings. The van der Waals surface area contributed by atoms with E-state index in [9.17, 15) is 9.59 Å². The van der Waals surface area contributed by atoms with E-state index in [-0.39, 0.29) is 17.9 Å². The Hall–Kier alpha value is -2.01. The lowest BCUT2D eigenvalue weighted by molar-refractivity contribution is -0.155. The van der Waals surface area contributed by atoms with Gasteiger partial charge in [0.05, 0.1) is 19.1 Å². The van der Waals surface area contributed by atoms with Crippen molar-refractivity contribution in [3.05, 3.63) is 47.7 Å². The summed E-state index contributed by atoms with van der Waals surface area (Å²) in [7, 11) is 1.33. The number of allylic oxidation sites excluding steroid dienone is 1. The van der Waals surface area contributed by atoms with Crippen molar-refractivity contribution in [1.29, 1.82) is 0 Å². The normalized spacial score (nSPS) is 20.9. The first-order chi connectivity index (χ1) is 11.1. The van der Waals surface area contributed by atoms with E-state index in [0.29, 0.717) is 24.7 Å². The number of likely N-dealkylation sites (tertiary alicyclic amines) is 1. The fourth-order valence-electron chi connectivity index (χ4n) is 2.78. The maximum atomic E-state index is 12.3. The highest BCUT2D eigenvalue weighted by atomic mass is 35.5. The molecule has 6 heteroatoms. The second-order valence-corrected chi connectivity index (χ2v) is 5.79. The molecular weight excluding hydrogens is 316 g/mol. The molecule has 1 aliphatic rings. The molecule has 1 amide bonds. The lowest BCUT2D eigenvalue weighted by Crippen LogP contribution is -2.58. The van der Waals surface area contributed by atoms with Gasteiger partial charge in [0.25, 0.3) is 0 Å². The SMILES string of the molecule is COC(=O)/C=C(/C)NC[C@H]1C(=O)N(CCCl)[C@H]1c1ccccc1. The summed E-state index contributed by atoms with van der Waals surface area (Å²) in [5.74, 6) is -0.0889. The van der Waals surface area contributed by atoms with Crippen molar-refractivity contribution >= 4 is 23.5 Å². The van der Waals surface area contributed by atoms with Gasteiger partial charge in [0, 0.05) is 30.7 Å². The third-order valence-electron chi connectivity index (χ3n) is 3.92. The molecule has 0 radical (unpaired) electrons. The molecule has 1 aromatic carbocycles. The van der Waals surface area contributed by atoms with Gasteiger partial charge in [-0.1, -0.05) is 30.3 Å². The van der Waals surface area contributed by atoms with E-state index in [4.69, 9.17) is 11.6 Å². The highest BCUT2D eigenvalue weighted by molar-refractivity contribution is 6.18. The van der Waals surface area contributed by atoms with Crippen LogP contribution in [0.1, 0.15) is 18.5 Å². The number of esters is 1. The second kappa shape index (κ2) is 8.02. The van der Waals surface area contributed by atoms with Gasteiger partial charge < -0.3 is 15.0 Å². The number of ether oxygens (including phenoxy) is 1. The molecule has 124 valence electrons. The number of methoxy groups -OCH3 is 1. The zero-order valence-electron chi connectivity index (χ0n) is 13.3. The first-order valence-electron chi connectivity index (χ1n) is 7.50. The number of hydrogen-bond donors (Lipinski definition) is 1. The van der Waals surface area contributed by atoms with Gasteiger partial charge in [-0.05, 0) is 12.5 Å². The Bertz CT molecular complexity index is 589. The Labute approximate surface area is 141 Å². The zero-order chi connectivity index (χ0) is 16.8. The average Bonchev–Trinajstić information content (AvgIpc) is 2.57. The maximum Gasteiger partial charge on any atom is 0.332 e. The van der Waals surface area contributed by atoms with E-state index in [1.807, 2.05) is 30.3 Å². The van der Waals surface area contributed by atoms with Gasteiger partial charge in [-0.3, -0.25) is 4.79 Å². The van der Waals surface area contributed by atoms with Crippen LogP contribution in [0.25, 0.3) is 0 Å². The molecule has 23 heavy (non-hydrogen) atoms. The number of nitrogens with zero attached hydrogens (tertiary/aromatic N) is 1. The van der Waals surface area contributed by atoms with E-state index in [0.717, 1.165) is 5.56 Å². The second-order valence-electron chi connectivity index (χ2n) is 5.41. The lowest BCUT2D eigenvalue weighted by Gasteiger charge is -2.47. The van der Waals surface area contributed by atoms with Crippen molar-refractivity contribution in [3.8, 4) is 0 Å². The number of benzene rings is 1. The number of alkyl halides is 1. The molecule has 0 aromatic heterocycles. The lowest BCUT2D eigenvalue weighted by atomic mass is 9.82. The summed E-state index contributed by atoms with van der Waals surface area (Å²) >= 11 is 5.81. The minimum Gasteiger partial charge on any atom is -0.466 e. The van der Waals surface area contributed by atoms with Crippen molar-refractivity contribution < 1.29 is 14.3 Å². The van der Waals surface area contributed by atoms with Crippen LogP contribution in [-0.4, -0.2) is 42.9 Å². The van der Waals surface area contributed by atoms with Crippen LogP contribution >= 0.6 is 11.6 Å². The van der Waals surface area contributed by atoms with E-state index in [1.54, 1.807) is 11.8 Å². The van der Waals surface area contributed by atoms with Crippen molar-refractivity contribution in [1.82, 2.24) is 10.2 Å². The molecule has 0 bridgehead atoms. The molecule has 2 atom stereocenters. The number of amides is 1. The van der Waals surface area contributed by atoms with Crippen molar-refractivity contribution in [2.45, 2.75) is 13.0 Å². The monoisotopic (exact) mass is 336 g/mol. The third kappa shape index (κ3) is 4.05. The summed E-state index contributed by atoms with van der Waals surface area (Å²) in [6.07, 6.45) is 1.37. The molecule has 1 N–H and O–H groups in total. The zero-order valence-corrected chi connectivity index (χ0v) is 14.0. The first kappa shape index (κ1) is 17.3. The Morgan fingerprint density at radius 3 is 2.70 bits per heavy atom. The van der Waals surface area contributed by atoms with Crippen molar-refractivity contribution in [2.24, 2.45) is 5.92 Å². The van der Waals surface area contributed by atoms with Crippen LogP contribution in [0, 0.1) is 5.92 Å². The molecule has 1 aliphatic heterocycles. The molecule has 0 spiro atoms. The number of halogens is 1. The molecule has 1 heterocycles. The van der Waals surface area contributed by atoms with Gasteiger partial charge in [-0.15, -0.1) is 11.6 Å². The first-order valence-corrected chi connectivity index (χ1v) is 8.03. The van der Waals surface area contributed by atoms with Crippen LogP contribution in [0.3, 0.4) is 0 Å². The van der Waals surface area contributed by atoms with Gasteiger partial charge in [-0.2, -0.15) is 0 Å². The Morgan fingerprint density at radius 1 is 1.39 bits per heavy atom. The molecule has 1 saturated heterocycles. The van der Waals surface area contributed by atoms with Crippen LogP contribution in [0.4, 0.5) is 0 Å². The molecule has 0 aliphatic carbocycles. The number of rotatable bonds is 7. The summed E-state index contributed by atoms with van der Waals surface area (Å²) in [4.78, 5) is 25.4. The Kier molecular flexibility index (Phi) is 6.04. The van der Waals surface area contributed by atoms with Gasteiger partial charge >= 0.3 is 5.97 Å². The molecule has 5 nitrogen and oxygen atoms in total. The fraction of sp³-hybridized carbons (Fsp3) is 0.412. The Balaban J connectivity index is 2.06. The standard InChI is InChI=1S/C17H21ClN2O3/c1-12(10-15(21)23-2)19-11-14-16(13-6-4-3-5-7-13)20(9-8-18)17(14)22/h3-7,10,14,16,19H,8-9,11H2,1-2H3/b12-10-/t14-,16+/m1/s1. The molecule has 1 aromatic rings. The summed E-state index contributed by atoms with van der Waals surface area (Å²) < 4.78 is 4.58. The van der Waals surface area contributed by atoms with Crippen LogP contribution in [0.5, 0.6) is 0 Å². The van der Waals surface area contributed by atoms with Crippen LogP contribution in [-0.2, 0) is 14.3 Å². The van der Waals surface area contributed by atoms with Gasteiger partial charge in [0.2, 0.25) is 5.91 Å². The highest BCUT2D eigenvalue weighted by Crippen LogP contribution is 2.39. The van der Waals surface area contributed by atoms with Gasteiger partial charge in [0.15, 0.2) is 0 Å². The number of carbonyl (C=O) groups is 2. The molecule has 2 rings (SSSR count). The molecular formula is C17H21ClN2O3. The minimum absolute atomic E-state index is 0.0147. The summed E-state index contributed by atoms with van der Waals surface area (Å²) in [6, 6.07) is 9.92. The number of nitrogens with one attached hydrogen (secondary N) is 1. The van der Waals surface area contributed by atoms with Gasteiger partial charge in [0.1, 0.15) is 0 Å². The predicted molar refractivity (Wildman–Crippen MR) is 88.9 cm³/mol. The topological polar surface area (TPSA) is 58.6 Å². The number of hydrogen-bond acceptors (Lipinski definition) is 4. The van der Waals surface area contributed by atoms with E-state index in [1.165, 1.54) is 13.2 Å². The summed E-state index contributed by atoms with van der Waals surface area (Å²) in [5.41, 5.74) is 1.77. The predicted octanol–water partition coefficient (Wildman–Crippen LogP) is 2.09. The van der Waals surface area contributed by atoms with E-state index < -0.39 is 5.97 Å². The van der Waals surface area contributed by atoms with Crippen LogP contribution in [0.2, 0.25) is 0 Å². The summed E-state index contributed by atoms with van der Waals surface area (Å²) in [6.45, 7) is 2.78. The molecule has 0 unspecified atom stereocenters. The smallest absolute Gasteiger partial charge is 0.332 e. The Morgan fingerprint density at radius 2 is 2.09 bits per heavy atom. The minimum atomic E-state index is -0.418. The van der Waals surface area contributed by atoms with Gasteiger partial charge in [-0.25, -0.2) is 4.79 Å². The quantitative estimate of drug-likeness (QED) is 0.358. The van der Waals surface area contributed by atoms with Crippen LogP contribution in [0.15, 0.2) is 42.1 Å². The van der Waals surface area contributed by atoms with Crippen molar-refractivity contribution in [2.75, 3.05) is 26.1 Å². The maximum absolute atomic E-state index is 12.3. The fourth-order valence-corrected chi connectivity index (χ4v) is 2.96. The van der Waals surface area contributed by atoms with E-state index in [2.05, 4.69) is 10.1 Å². The van der Waals surface area contributed by atoms with Crippen molar-refractivity contribution in [3.63, 3.8) is 0 Å². The molecule has 0 saturated carbocycles. The average molecular weight is 337 g/mol. The van der Waals surface area contributed by atoms with E-state index >= 15 is 0 Å². The number of carbonyl (C=O) groups excluding carboxylic acids is 2. The largest absolute Gasteiger partial charge is 0.466 e. The third-order valence-corrected chi connectivity index (χ3v) is 4.09. The van der Waals surface area contributed by atoms with Crippen LogP contribution < -0.4 is 5.32 Å². The number of β-lactam (4-membered cyclic amide) rings is 1. The summed E-state index contributed by atoms with van der Waals surface area (Å²) in [5, 5.41) is 3.12.